The molecule has 0 spiro atoms. The van der Waals surface area contributed by atoms with Crippen molar-refractivity contribution in [1.82, 2.24) is 5.32 Å². The highest BCUT2D eigenvalue weighted by Crippen LogP contribution is 2.24. The average molecular weight is 227 g/mol. The molecule has 17 heavy (non-hydrogen) atoms. The van der Waals surface area contributed by atoms with E-state index in [4.69, 9.17) is 0 Å². The number of hydrogen-bond acceptors (Lipinski definition) is 3. The second-order valence-electron chi connectivity index (χ2n) is 4.57. The number of carbonyl (C=O) groups excluding carboxylic acids is 2. The van der Waals surface area contributed by atoms with Crippen molar-refractivity contribution in [1.29, 1.82) is 0 Å². The largest absolute Gasteiger partial charge is 0.379 e. The zero-order valence-electron chi connectivity index (χ0n) is 9.40. The summed E-state index contributed by atoms with van der Waals surface area (Å²) in [5.41, 5.74) is 1.48. The van der Waals surface area contributed by atoms with Crippen LogP contribution in [-0.4, -0.2) is 17.6 Å². The minimum Gasteiger partial charge on any atom is -0.379 e. The van der Waals surface area contributed by atoms with Gasteiger partial charge in [0, 0.05) is 23.2 Å². The average Bonchev–Trinajstić information content (AvgIpc) is 2.30. The Morgan fingerprint density at radius 3 is 2.41 bits per heavy atom. The highest BCUT2D eigenvalue weighted by molar-refractivity contribution is 6.24. The molecular formula is C14H13NO2. The van der Waals surface area contributed by atoms with Gasteiger partial charge in [0.1, 0.15) is 0 Å². The molecule has 2 aliphatic carbocycles. The molecule has 3 rings (SSSR count). The second-order valence-corrected chi connectivity index (χ2v) is 4.57. The Balaban J connectivity index is 1.93. The van der Waals surface area contributed by atoms with E-state index in [0.29, 0.717) is 22.9 Å². The summed E-state index contributed by atoms with van der Waals surface area (Å²) < 4.78 is 0. The summed E-state index contributed by atoms with van der Waals surface area (Å²) in [5, 5.41) is 3.17. The first-order chi connectivity index (χ1) is 8.25. The molecule has 0 aromatic heterocycles. The molecule has 0 heterocycles. The molecule has 86 valence electrons. The second kappa shape index (κ2) is 3.84. The lowest BCUT2D eigenvalue weighted by molar-refractivity contribution is 0.0974. The first-order valence-electron chi connectivity index (χ1n) is 5.92. The van der Waals surface area contributed by atoms with Crippen LogP contribution in [0.25, 0.3) is 0 Å². The molecule has 3 heteroatoms. The quantitative estimate of drug-likeness (QED) is 0.841. The molecular weight excluding hydrogens is 214 g/mol. The molecule has 1 aromatic carbocycles. The number of carbonyl (C=O) groups is 2. The van der Waals surface area contributed by atoms with Crippen molar-refractivity contribution in [3.8, 4) is 0 Å². The van der Waals surface area contributed by atoms with Gasteiger partial charge in [-0.3, -0.25) is 9.59 Å². The van der Waals surface area contributed by atoms with Crippen LogP contribution in [0, 0.1) is 0 Å². The van der Waals surface area contributed by atoms with Crippen LogP contribution in [-0.2, 0) is 0 Å². The first kappa shape index (κ1) is 10.3. The highest BCUT2D eigenvalue weighted by atomic mass is 16.1. The van der Waals surface area contributed by atoms with Gasteiger partial charge in [-0.15, -0.1) is 0 Å². The molecule has 0 radical (unpaired) electrons. The molecule has 1 fully saturated rings. The lowest BCUT2D eigenvalue weighted by Crippen LogP contribution is -2.38. The van der Waals surface area contributed by atoms with E-state index in [2.05, 4.69) is 5.32 Å². The van der Waals surface area contributed by atoms with E-state index in [9.17, 15) is 9.59 Å². The zero-order chi connectivity index (χ0) is 11.8. The Morgan fingerprint density at radius 2 is 1.76 bits per heavy atom. The van der Waals surface area contributed by atoms with Gasteiger partial charge in [0.15, 0.2) is 5.78 Å². The zero-order valence-corrected chi connectivity index (χ0v) is 9.40. The SMILES string of the molecule is O=C1C=C(NC2CCC2)C(=O)c2ccccc21. The van der Waals surface area contributed by atoms with Gasteiger partial charge in [-0.2, -0.15) is 0 Å². The van der Waals surface area contributed by atoms with Crippen LogP contribution in [0.15, 0.2) is 36.0 Å². The Morgan fingerprint density at radius 1 is 1.06 bits per heavy atom. The number of nitrogens with one attached hydrogen (secondary N) is 1. The molecule has 3 nitrogen and oxygen atoms in total. The monoisotopic (exact) mass is 227 g/mol. The van der Waals surface area contributed by atoms with Gasteiger partial charge in [-0.05, 0) is 19.3 Å². The van der Waals surface area contributed by atoms with Crippen LogP contribution in [0.3, 0.4) is 0 Å². The normalized spacial score (nSPS) is 19.4. The number of allylic oxidation sites excluding steroid dienone is 2. The third-order valence-electron chi connectivity index (χ3n) is 3.42. The van der Waals surface area contributed by atoms with E-state index in [1.165, 1.54) is 12.5 Å². The van der Waals surface area contributed by atoms with Crippen molar-refractivity contribution < 1.29 is 9.59 Å². The van der Waals surface area contributed by atoms with Gasteiger partial charge in [0.2, 0.25) is 5.78 Å². The molecule has 2 aliphatic rings. The van der Waals surface area contributed by atoms with E-state index >= 15 is 0 Å². The van der Waals surface area contributed by atoms with Crippen LogP contribution in [0.5, 0.6) is 0 Å². The molecule has 0 unspecified atom stereocenters. The summed E-state index contributed by atoms with van der Waals surface area (Å²) in [7, 11) is 0. The van der Waals surface area contributed by atoms with Gasteiger partial charge >= 0.3 is 0 Å². The summed E-state index contributed by atoms with van der Waals surface area (Å²) in [5.74, 6) is -0.144. The Labute approximate surface area is 99.5 Å². The maximum absolute atomic E-state index is 12.2. The van der Waals surface area contributed by atoms with Crippen LogP contribution in [0.4, 0.5) is 0 Å². The van der Waals surface area contributed by atoms with Crippen molar-refractivity contribution in [2.45, 2.75) is 25.3 Å². The fourth-order valence-corrected chi connectivity index (χ4v) is 2.20. The third-order valence-corrected chi connectivity index (χ3v) is 3.42. The Bertz CT molecular complexity index is 527. The third kappa shape index (κ3) is 1.68. The number of ketones is 2. The predicted molar refractivity (Wildman–Crippen MR) is 64.0 cm³/mol. The van der Waals surface area contributed by atoms with Gasteiger partial charge in [0.05, 0.1) is 5.70 Å². The van der Waals surface area contributed by atoms with Crippen LogP contribution >= 0.6 is 0 Å². The summed E-state index contributed by atoms with van der Waals surface area (Å²) in [6.07, 6.45) is 4.80. The van der Waals surface area contributed by atoms with Crippen molar-refractivity contribution in [2.75, 3.05) is 0 Å². The standard InChI is InChI=1S/C14H13NO2/c16-13-8-12(15-9-4-3-5-9)14(17)11-7-2-1-6-10(11)13/h1-2,6-9,15H,3-5H2. The van der Waals surface area contributed by atoms with E-state index in [1.54, 1.807) is 24.3 Å². The summed E-state index contributed by atoms with van der Waals surface area (Å²) in [6.45, 7) is 0. The molecule has 0 atom stereocenters. The predicted octanol–water partition coefficient (Wildman–Crippen LogP) is 2.09. The molecule has 0 bridgehead atoms. The number of Topliss-reactive ketones (excluding diaryl/α,β-unsaturated/α-hetero) is 1. The van der Waals surface area contributed by atoms with E-state index in [0.717, 1.165) is 12.8 Å². The lowest BCUT2D eigenvalue weighted by Gasteiger charge is -2.29. The van der Waals surface area contributed by atoms with Crippen LogP contribution in [0.1, 0.15) is 40.0 Å². The summed E-state index contributed by atoms with van der Waals surface area (Å²) in [6, 6.07) is 7.35. The number of benzene rings is 1. The van der Waals surface area contributed by atoms with Crippen LogP contribution in [0.2, 0.25) is 0 Å². The Kier molecular flexibility index (Phi) is 2.32. The van der Waals surface area contributed by atoms with Gasteiger partial charge in [-0.25, -0.2) is 0 Å². The fraction of sp³-hybridized carbons (Fsp3) is 0.286. The molecule has 0 amide bonds. The molecule has 0 aliphatic heterocycles. The van der Waals surface area contributed by atoms with Gasteiger partial charge < -0.3 is 5.32 Å². The molecule has 1 saturated carbocycles. The maximum Gasteiger partial charge on any atom is 0.209 e. The first-order valence-corrected chi connectivity index (χ1v) is 5.92. The summed E-state index contributed by atoms with van der Waals surface area (Å²) >= 11 is 0. The highest BCUT2D eigenvalue weighted by Gasteiger charge is 2.27. The van der Waals surface area contributed by atoms with Crippen molar-refractivity contribution >= 4 is 11.6 Å². The fourth-order valence-electron chi connectivity index (χ4n) is 2.20. The smallest absolute Gasteiger partial charge is 0.209 e. The maximum atomic E-state index is 12.2. The van der Waals surface area contributed by atoms with Crippen molar-refractivity contribution in [3.05, 3.63) is 47.2 Å². The van der Waals surface area contributed by atoms with E-state index < -0.39 is 0 Å². The molecule has 1 N–H and O–H groups in total. The van der Waals surface area contributed by atoms with Gasteiger partial charge in [0.25, 0.3) is 0 Å². The van der Waals surface area contributed by atoms with Crippen molar-refractivity contribution in [2.24, 2.45) is 0 Å². The molecule has 0 saturated heterocycles. The Hall–Kier alpha value is -1.90. The minimum atomic E-state index is -0.0815. The van der Waals surface area contributed by atoms with Gasteiger partial charge in [-0.1, -0.05) is 24.3 Å². The number of fused-ring (bicyclic) bond motifs is 1. The minimum absolute atomic E-state index is 0.0629. The van der Waals surface area contributed by atoms with E-state index in [-0.39, 0.29) is 11.6 Å². The lowest BCUT2D eigenvalue weighted by atomic mass is 9.89. The molecule has 1 aromatic rings. The number of hydrogen-bond donors (Lipinski definition) is 1. The summed E-state index contributed by atoms with van der Waals surface area (Å²) in [4.78, 5) is 24.0. The van der Waals surface area contributed by atoms with Crippen molar-refractivity contribution in [3.63, 3.8) is 0 Å². The number of rotatable bonds is 2. The topological polar surface area (TPSA) is 46.2 Å². The van der Waals surface area contributed by atoms with E-state index in [1.807, 2.05) is 0 Å². The van der Waals surface area contributed by atoms with Crippen LogP contribution < -0.4 is 5.32 Å².